The molecule has 0 aliphatic heterocycles. The third kappa shape index (κ3) is 4.19. The van der Waals surface area contributed by atoms with Gasteiger partial charge in [0.05, 0.1) is 11.2 Å². The fourth-order valence-corrected chi connectivity index (χ4v) is 3.13. The fraction of sp³-hybridized carbons (Fsp3) is 0.125. The molecular formula is C24H24N2O2. The minimum atomic E-state index is -1.53. The molecule has 1 aromatic heterocycles. The fourth-order valence-electron chi connectivity index (χ4n) is 3.13. The highest BCUT2D eigenvalue weighted by molar-refractivity contribution is 5.93. The molecule has 3 N–H and O–H groups in total. The van der Waals surface area contributed by atoms with Crippen LogP contribution in [0.15, 0.2) is 79.5 Å². The van der Waals surface area contributed by atoms with Crippen molar-refractivity contribution in [2.75, 3.05) is 5.32 Å². The normalized spacial score (nSPS) is 12.1. The number of allylic oxidation sites excluding steroid dienone is 5. The molecule has 0 bridgehead atoms. The van der Waals surface area contributed by atoms with Crippen LogP contribution >= 0.6 is 0 Å². The second-order valence-electron chi connectivity index (χ2n) is 6.59. The highest BCUT2D eigenvalue weighted by Gasteiger charge is 2.10. The van der Waals surface area contributed by atoms with E-state index in [1.165, 1.54) is 6.20 Å². The monoisotopic (exact) mass is 372 g/mol. The van der Waals surface area contributed by atoms with Crippen LogP contribution in [0.1, 0.15) is 29.9 Å². The Balaban J connectivity index is 1.98. The molecule has 0 aliphatic carbocycles. The number of nitrogens with zero attached hydrogens (tertiary/aromatic N) is 1. The van der Waals surface area contributed by atoms with E-state index in [2.05, 4.69) is 42.9 Å². The van der Waals surface area contributed by atoms with Crippen molar-refractivity contribution in [2.24, 2.45) is 0 Å². The molecule has 0 unspecified atom stereocenters. The maximum atomic E-state index is 9.37. The standard InChI is InChI=1S/C24H24N2O2/c1-4-5-6-9-16(2)20-11-8-12-21(17(20)3)26-22-13-7-10-18-14-19(24(27)28)15-25-23(18)22/h4-15,24,26-28H,1H2,2-3H3/b6-5-,16-9+. The van der Waals surface area contributed by atoms with E-state index in [1.54, 1.807) is 12.1 Å². The van der Waals surface area contributed by atoms with Crippen LogP contribution in [0.4, 0.5) is 11.4 Å². The van der Waals surface area contributed by atoms with Crippen LogP contribution in [-0.4, -0.2) is 15.2 Å². The number of hydrogen-bond donors (Lipinski definition) is 3. The summed E-state index contributed by atoms with van der Waals surface area (Å²) in [6, 6.07) is 13.7. The van der Waals surface area contributed by atoms with Gasteiger partial charge < -0.3 is 15.5 Å². The van der Waals surface area contributed by atoms with Gasteiger partial charge in [0.2, 0.25) is 0 Å². The number of hydrogen-bond acceptors (Lipinski definition) is 4. The molecule has 142 valence electrons. The Bertz CT molecular complexity index is 1070. The third-order valence-electron chi connectivity index (χ3n) is 4.65. The van der Waals surface area contributed by atoms with Crippen molar-refractivity contribution in [1.82, 2.24) is 4.98 Å². The van der Waals surface area contributed by atoms with Crippen LogP contribution in [0.25, 0.3) is 16.5 Å². The number of anilines is 2. The highest BCUT2D eigenvalue weighted by Crippen LogP contribution is 2.30. The topological polar surface area (TPSA) is 65.4 Å². The highest BCUT2D eigenvalue weighted by atomic mass is 16.5. The third-order valence-corrected chi connectivity index (χ3v) is 4.65. The summed E-state index contributed by atoms with van der Waals surface area (Å²) in [6.45, 7) is 7.86. The number of aliphatic hydroxyl groups is 2. The summed E-state index contributed by atoms with van der Waals surface area (Å²) < 4.78 is 0. The van der Waals surface area contributed by atoms with Gasteiger partial charge >= 0.3 is 0 Å². The molecule has 28 heavy (non-hydrogen) atoms. The second kappa shape index (κ2) is 8.65. The molecule has 0 fully saturated rings. The number of nitrogens with one attached hydrogen (secondary N) is 1. The summed E-state index contributed by atoms with van der Waals surface area (Å²) in [5.74, 6) is 0. The van der Waals surface area contributed by atoms with Gasteiger partial charge in [0.25, 0.3) is 0 Å². The predicted octanol–water partition coefficient (Wildman–Crippen LogP) is 5.42. The van der Waals surface area contributed by atoms with Crippen molar-refractivity contribution in [1.29, 1.82) is 0 Å². The molecule has 0 aliphatic rings. The second-order valence-corrected chi connectivity index (χ2v) is 6.59. The van der Waals surface area contributed by atoms with Gasteiger partial charge in [0.1, 0.15) is 0 Å². The van der Waals surface area contributed by atoms with Gasteiger partial charge in [-0.2, -0.15) is 0 Å². The molecule has 0 amide bonds. The molecule has 0 saturated heterocycles. The Morgan fingerprint density at radius 3 is 2.61 bits per heavy atom. The van der Waals surface area contributed by atoms with Gasteiger partial charge in [-0.15, -0.1) is 0 Å². The Hall–Kier alpha value is -3.21. The Morgan fingerprint density at radius 1 is 1.11 bits per heavy atom. The lowest BCUT2D eigenvalue weighted by Gasteiger charge is -2.15. The number of fused-ring (bicyclic) bond motifs is 1. The lowest BCUT2D eigenvalue weighted by atomic mass is 9.99. The number of benzene rings is 2. The van der Waals surface area contributed by atoms with E-state index >= 15 is 0 Å². The van der Waals surface area contributed by atoms with E-state index in [4.69, 9.17) is 0 Å². The number of rotatable bonds is 6. The Kier molecular flexibility index (Phi) is 6.04. The van der Waals surface area contributed by atoms with E-state index in [0.29, 0.717) is 5.56 Å². The minimum absolute atomic E-state index is 0.371. The maximum Gasteiger partial charge on any atom is 0.179 e. The minimum Gasteiger partial charge on any atom is -0.364 e. The lowest BCUT2D eigenvalue weighted by molar-refractivity contribution is -0.0426. The van der Waals surface area contributed by atoms with E-state index < -0.39 is 6.29 Å². The zero-order valence-electron chi connectivity index (χ0n) is 16.1. The van der Waals surface area contributed by atoms with Gasteiger partial charge in [0.15, 0.2) is 6.29 Å². The van der Waals surface area contributed by atoms with E-state index in [9.17, 15) is 10.2 Å². The zero-order chi connectivity index (χ0) is 20.1. The summed E-state index contributed by atoms with van der Waals surface area (Å²) in [4.78, 5) is 4.42. The molecule has 4 nitrogen and oxygen atoms in total. The molecule has 2 aromatic carbocycles. The molecule has 3 aromatic rings. The van der Waals surface area contributed by atoms with Crippen molar-refractivity contribution in [2.45, 2.75) is 20.1 Å². The van der Waals surface area contributed by atoms with Crippen molar-refractivity contribution in [3.8, 4) is 0 Å². The predicted molar refractivity (Wildman–Crippen MR) is 116 cm³/mol. The van der Waals surface area contributed by atoms with Gasteiger partial charge in [0, 0.05) is 22.8 Å². The van der Waals surface area contributed by atoms with Gasteiger partial charge in [-0.1, -0.05) is 55.1 Å². The van der Waals surface area contributed by atoms with Crippen LogP contribution in [0.3, 0.4) is 0 Å². The number of pyridine rings is 1. The lowest BCUT2D eigenvalue weighted by Crippen LogP contribution is -1.99. The van der Waals surface area contributed by atoms with Gasteiger partial charge in [-0.3, -0.25) is 4.98 Å². The first-order chi connectivity index (χ1) is 13.5. The number of aliphatic hydroxyl groups excluding tert-OH is 1. The van der Waals surface area contributed by atoms with Gasteiger partial charge in [-0.05, 0) is 48.7 Å². The van der Waals surface area contributed by atoms with Crippen LogP contribution in [0.2, 0.25) is 0 Å². The first-order valence-electron chi connectivity index (χ1n) is 9.09. The quantitative estimate of drug-likeness (QED) is 0.399. The van der Waals surface area contributed by atoms with E-state index in [1.807, 2.05) is 42.5 Å². The first-order valence-corrected chi connectivity index (χ1v) is 9.09. The summed E-state index contributed by atoms with van der Waals surface area (Å²) in [5, 5.41) is 23.1. The van der Waals surface area contributed by atoms with Crippen LogP contribution < -0.4 is 5.32 Å². The maximum absolute atomic E-state index is 9.37. The smallest absolute Gasteiger partial charge is 0.179 e. The number of para-hydroxylation sites is 1. The Morgan fingerprint density at radius 2 is 1.86 bits per heavy atom. The molecular weight excluding hydrogens is 348 g/mol. The molecule has 1 heterocycles. The van der Waals surface area contributed by atoms with Crippen molar-refractivity contribution >= 4 is 27.9 Å². The zero-order valence-corrected chi connectivity index (χ0v) is 16.1. The van der Waals surface area contributed by atoms with Crippen LogP contribution in [0, 0.1) is 6.92 Å². The van der Waals surface area contributed by atoms with Crippen LogP contribution in [-0.2, 0) is 0 Å². The van der Waals surface area contributed by atoms with Crippen molar-refractivity contribution in [3.05, 3.63) is 96.2 Å². The van der Waals surface area contributed by atoms with Crippen molar-refractivity contribution in [3.63, 3.8) is 0 Å². The molecule has 4 heteroatoms. The molecule has 3 rings (SSSR count). The number of aromatic nitrogens is 1. The van der Waals surface area contributed by atoms with E-state index in [-0.39, 0.29) is 0 Å². The first kappa shape index (κ1) is 19.5. The summed E-state index contributed by atoms with van der Waals surface area (Å²) in [7, 11) is 0. The summed E-state index contributed by atoms with van der Waals surface area (Å²) >= 11 is 0. The molecule has 0 saturated carbocycles. The Labute approximate surface area is 165 Å². The molecule has 0 radical (unpaired) electrons. The average Bonchev–Trinajstić information content (AvgIpc) is 2.69. The summed E-state index contributed by atoms with van der Waals surface area (Å²) in [5.41, 5.74) is 6.48. The van der Waals surface area contributed by atoms with Crippen molar-refractivity contribution < 1.29 is 10.2 Å². The molecule has 0 atom stereocenters. The van der Waals surface area contributed by atoms with Crippen LogP contribution in [0.5, 0.6) is 0 Å². The van der Waals surface area contributed by atoms with E-state index in [0.717, 1.165) is 39.0 Å². The SMILES string of the molecule is C=C/C=C\C=C(/C)c1cccc(Nc2cccc3cc(C(O)O)cnc23)c1C. The largest absolute Gasteiger partial charge is 0.364 e. The average molecular weight is 372 g/mol. The molecule has 0 spiro atoms. The van der Waals surface area contributed by atoms with Gasteiger partial charge in [-0.25, -0.2) is 0 Å². The summed E-state index contributed by atoms with van der Waals surface area (Å²) in [6.07, 6.45) is 7.65.